The summed E-state index contributed by atoms with van der Waals surface area (Å²) < 4.78 is 39.4. The van der Waals surface area contributed by atoms with Crippen LogP contribution < -0.4 is 0 Å². The summed E-state index contributed by atoms with van der Waals surface area (Å²) >= 11 is 0. The highest BCUT2D eigenvalue weighted by atomic mass is 19.4. The van der Waals surface area contributed by atoms with E-state index in [4.69, 9.17) is 0 Å². The maximum Gasteiger partial charge on any atom is 0.416 e. The monoisotopic (exact) mass is 274 g/mol. The second-order valence-corrected chi connectivity index (χ2v) is 4.99. The first-order valence-corrected chi connectivity index (χ1v) is 6.45. The van der Waals surface area contributed by atoms with Crippen molar-refractivity contribution in [2.75, 3.05) is 0 Å². The van der Waals surface area contributed by atoms with Crippen LogP contribution in [0.2, 0.25) is 0 Å². The van der Waals surface area contributed by atoms with E-state index >= 15 is 0 Å². The van der Waals surface area contributed by atoms with Crippen LogP contribution in [0.1, 0.15) is 35.1 Å². The number of hydrogen-bond acceptors (Lipinski definition) is 0. The topological polar surface area (TPSA) is 0 Å². The van der Waals surface area contributed by atoms with Crippen LogP contribution in [-0.4, -0.2) is 0 Å². The van der Waals surface area contributed by atoms with E-state index in [1.807, 2.05) is 37.3 Å². The van der Waals surface area contributed by atoms with Gasteiger partial charge < -0.3 is 0 Å². The van der Waals surface area contributed by atoms with Crippen LogP contribution in [0.15, 0.2) is 48.5 Å². The Morgan fingerprint density at radius 1 is 0.900 bits per heavy atom. The second-order valence-electron chi connectivity index (χ2n) is 4.99. The molecule has 1 aliphatic carbocycles. The molecule has 0 radical (unpaired) electrons. The van der Waals surface area contributed by atoms with Crippen molar-refractivity contribution in [2.24, 2.45) is 0 Å². The lowest BCUT2D eigenvalue weighted by atomic mass is 9.90. The largest absolute Gasteiger partial charge is 0.416 e. The summed E-state index contributed by atoms with van der Waals surface area (Å²) in [5.74, 6) is -0.0188. The van der Waals surface area contributed by atoms with Gasteiger partial charge in [-0.2, -0.15) is 13.2 Å². The van der Waals surface area contributed by atoms with Crippen LogP contribution in [-0.2, 0) is 6.18 Å². The number of alkyl halides is 3. The molecule has 1 aliphatic rings. The van der Waals surface area contributed by atoms with Gasteiger partial charge in [0, 0.05) is 5.92 Å². The Labute approximate surface area is 115 Å². The molecule has 2 aromatic rings. The van der Waals surface area contributed by atoms with Crippen LogP contribution >= 0.6 is 0 Å². The van der Waals surface area contributed by atoms with E-state index in [1.165, 1.54) is 6.07 Å². The summed E-state index contributed by atoms with van der Waals surface area (Å²) in [5, 5.41) is 0. The summed E-state index contributed by atoms with van der Waals surface area (Å²) in [6.07, 6.45) is -2.46. The number of rotatable bonds is 1. The van der Waals surface area contributed by atoms with E-state index in [1.54, 1.807) is 12.1 Å². The molecular weight excluding hydrogens is 261 g/mol. The third-order valence-corrected chi connectivity index (χ3v) is 3.78. The van der Waals surface area contributed by atoms with E-state index in [0.29, 0.717) is 0 Å². The maximum absolute atomic E-state index is 13.1. The van der Waals surface area contributed by atoms with Gasteiger partial charge in [-0.3, -0.25) is 0 Å². The second kappa shape index (κ2) is 4.51. The van der Waals surface area contributed by atoms with E-state index in [-0.39, 0.29) is 11.5 Å². The maximum atomic E-state index is 13.1. The van der Waals surface area contributed by atoms with Crippen LogP contribution in [0.4, 0.5) is 13.2 Å². The molecule has 2 aromatic carbocycles. The summed E-state index contributed by atoms with van der Waals surface area (Å²) in [6, 6.07) is 13.5. The zero-order valence-electron chi connectivity index (χ0n) is 10.9. The Morgan fingerprint density at radius 2 is 1.55 bits per heavy atom. The van der Waals surface area contributed by atoms with E-state index in [0.717, 1.165) is 22.8 Å². The van der Waals surface area contributed by atoms with Crippen molar-refractivity contribution >= 4 is 11.6 Å². The van der Waals surface area contributed by atoms with Crippen molar-refractivity contribution in [1.29, 1.82) is 0 Å². The van der Waals surface area contributed by atoms with Gasteiger partial charge in [0.05, 0.1) is 5.56 Å². The minimum atomic E-state index is -4.33. The number of allylic oxidation sites excluding steroid dienone is 1. The Morgan fingerprint density at radius 3 is 2.25 bits per heavy atom. The molecule has 0 saturated carbocycles. The molecule has 0 bridgehead atoms. The van der Waals surface area contributed by atoms with Gasteiger partial charge in [-0.25, -0.2) is 0 Å². The Kier molecular flexibility index (Phi) is 2.93. The lowest BCUT2D eigenvalue weighted by Gasteiger charge is -2.17. The highest BCUT2D eigenvalue weighted by molar-refractivity contribution is 5.92. The zero-order chi connectivity index (χ0) is 14.3. The molecule has 3 rings (SSSR count). The summed E-state index contributed by atoms with van der Waals surface area (Å²) in [5.41, 5.74) is 2.54. The number of fused-ring (bicyclic) bond motifs is 1. The molecule has 0 fully saturated rings. The summed E-state index contributed by atoms with van der Waals surface area (Å²) in [6.45, 7) is 1.95. The van der Waals surface area contributed by atoms with Crippen molar-refractivity contribution in [3.63, 3.8) is 0 Å². The smallest absolute Gasteiger partial charge is 0.166 e. The summed E-state index contributed by atoms with van der Waals surface area (Å²) in [4.78, 5) is 0. The Hall–Kier alpha value is -2.03. The summed E-state index contributed by atoms with van der Waals surface area (Å²) in [7, 11) is 0. The Bertz CT molecular complexity index is 681. The molecule has 0 saturated heterocycles. The van der Waals surface area contributed by atoms with Crippen molar-refractivity contribution in [3.8, 4) is 0 Å². The third-order valence-electron chi connectivity index (χ3n) is 3.78. The predicted molar refractivity (Wildman–Crippen MR) is 74.2 cm³/mol. The average Bonchev–Trinajstić information content (AvgIpc) is 2.76. The number of benzene rings is 2. The molecule has 1 unspecified atom stereocenters. The molecular formula is C17H13F3. The fourth-order valence-corrected chi connectivity index (χ4v) is 2.79. The Balaban J connectivity index is 2.14. The molecule has 0 aliphatic heterocycles. The molecule has 0 N–H and O–H groups in total. The predicted octanol–water partition coefficient (Wildman–Crippen LogP) is 5.36. The normalized spacial score (nSPS) is 17.8. The van der Waals surface area contributed by atoms with Gasteiger partial charge in [-0.05, 0) is 28.3 Å². The molecule has 1 atom stereocenters. The van der Waals surface area contributed by atoms with Crippen molar-refractivity contribution in [3.05, 3.63) is 70.8 Å². The zero-order valence-corrected chi connectivity index (χ0v) is 10.9. The van der Waals surface area contributed by atoms with E-state index < -0.39 is 11.7 Å². The number of halogens is 3. The van der Waals surface area contributed by atoms with Crippen LogP contribution in [0.3, 0.4) is 0 Å². The van der Waals surface area contributed by atoms with Gasteiger partial charge >= 0.3 is 6.18 Å². The fourth-order valence-electron chi connectivity index (χ4n) is 2.79. The van der Waals surface area contributed by atoms with Crippen LogP contribution in [0.5, 0.6) is 0 Å². The lowest BCUT2D eigenvalue weighted by Crippen LogP contribution is -2.09. The van der Waals surface area contributed by atoms with Gasteiger partial charge in [-0.1, -0.05) is 55.5 Å². The minimum Gasteiger partial charge on any atom is -0.166 e. The molecule has 0 amide bonds. The van der Waals surface area contributed by atoms with Gasteiger partial charge in [0.2, 0.25) is 0 Å². The molecule has 102 valence electrons. The highest BCUT2D eigenvalue weighted by Gasteiger charge is 2.35. The fraction of sp³-hybridized carbons (Fsp3) is 0.176. The lowest BCUT2D eigenvalue weighted by molar-refractivity contribution is -0.137. The van der Waals surface area contributed by atoms with Gasteiger partial charge in [0.15, 0.2) is 0 Å². The van der Waals surface area contributed by atoms with Gasteiger partial charge in [-0.15, -0.1) is 0 Å². The highest BCUT2D eigenvalue weighted by Crippen LogP contribution is 2.45. The molecule has 0 heterocycles. The standard InChI is InChI=1S/C17H13F3/c1-11-13-7-3-2-6-12(13)10-15(11)14-8-4-5-9-16(14)17(18,19)20/h2-11H,1H3. The van der Waals surface area contributed by atoms with E-state index in [9.17, 15) is 13.2 Å². The molecule has 20 heavy (non-hydrogen) atoms. The first kappa shape index (κ1) is 13.0. The number of hydrogen-bond donors (Lipinski definition) is 0. The first-order chi connectivity index (χ1) is 9.48. The van der Waals surface area contributed by atoms with E-state index in [2.05, 4.69) is 0 Å². The first-order valence-electron chi connectivity index (χ1n) is 6.45. The quantitative estimate of drug-likeness (QED) is 0.656. The van der Waals surface area contributed by atoms with Crippen molar-refractivity contribution in [1.82, 2.24) is 0 Å². The minimum absolute atomic E-state index is 0.0188. The SMILES string of the molecule is CC1C(c2ccccc2C(F)(F)F)=Cc2ccccc21. The van der Waals surface area contributed by atoms with Crippen LogP contribution in [0.25, 0.3) is 11.6 Å². The molecule has 0 nitrogen and oxygen atoms in total. The third kappa shape index (κ3) is 2.03. The van der Waals surface area contributed by atoms with Gasteiger partial charge in [0.1, 0.15) is 0 Å². The van der Waals surface area contributed by atoms with Gasteiger partial charge in [0.25, 0.3) is 0 Å². The van der Waals surface area contributed by atoms with Crippen molar-refractivity contribution < 1.29 is 13.2 Å². The van der Waals surface area contributed by atoms with Crippen molar-refractivity contribution in [2.45, 2.75) is 19.0 Å². The van der Waals surface area contributed by atoms with Crippen LogP contribution in [0, 0.1) is 0 Å². The molecule has 3 heteroatoms. The molecule has 0 spiro atoms. The average molecular weight is 274 g/mol. The molecule has 0 aromatic heterocycles.